The van der Waals surface area contributed by atoms with Gasteiger partial charge in [0, 0.05) is 17.9 Å². The monoisotopic (exact) mass is 417 g/mol. The zero-order chi connectivity index (χ0) is 21.2. The van der Waals surface area contributed by atoms with Crippen LogP contribution in [0.1, 0.15) is 99.3 Å². The van der Waals surface area contributed by atoms with Crippen molar-refractivity contribution in [1.29, 1.82) is 0 Å². The van der Waals surface area contributed by atoms with Crippen molar-refractivity contribution in [2.24, 2.45) is 0 Å². The van der Waals surface area contributed by atoms with E-state index in [1.54, 1.807) is 5.56 Å². The summed E-state index contributed by atoms with van der Waals surface area (Å²) >= 11 is 0. The molecule has 0 spiro atoms. The minimum absolute atomic E-state index is 0.694. The molecule has 31 heavy (non-hydrogen) atoms. The molecule has 2 aromatic rings. The summed E-state index contributed by atoms with van der Waals surface area (Å²) in [7, 11) is 0. The molecule has 1 atom stereocenters. The molecular formula is C28H39N3. The first kappa shape index (κ1) is 21.0. The van der Waals surface area contributed by atoms with Crippen LogP contribution in [0, 0.1) is 0 Å². The molecule has 3 heteroatoms. The maximum Gasteiger partial charge on any atom is 0.133 e. The summed E-state index contributed by atoms with van der Waals surface area (Å²) in [5, 5.41) is 3.76. The van der Waals surface area contributed by atoms with E-state index < -0.39 is 0 Å². The van der Waals surface area contributed by atoms with Gasteiger partial charge in [0.25, 0.3) is 0 Å². The number of hydrogen-bond acceptors (Lipinski definition) is 3. The third kappa shape index (κ3) is 4.26. The molecule has 0 bridgehead atoms. The second-order valence-corrected chi connectivity index (χ2v) is 10.1. The number of aromatic nitrogens is 1. The molecule has 1 aliphatic carbocycles. The lowest BCUT2D eigenvalue weighted by Crippen LogP contribution is -2.40. The van der Waals surface area contributed by atoms with Crippen molar-refractivity contribution in [3.8, 4) is 0 Å². The van der Waals surface area contributed by atoms with Crippen molar-refractivity contribution in [1.82, 2.24) is 9.88 Å². The van der Waals surface area contributed by atoms with Gasteiger partial charge in [0.1, 0.15) is 5.82 Å². The van der Waals surface area contributed by atoms with Crippen LogP contribution in [0.4, 0.5) is 11.5 Å². The fourth-order valence-electron chi connectivity index (χ4n) is 6.13. The summed E-state index contributed by atoms with van der Waals surface area (Å²) in [6.45, 7) is 7.18. The lowest BCUT2D eigenvalue weighted by molar-refractivity contribution is 0.140. The second kappa shape index (κ2) is 9.32. The van der Waals surface area contributed by atoms with Crippen molar-refractivity contribution in [3.63, 3.8) is 0 Å². The molecule has 3 heterocycles. The molecule has 5 rings (SSSR count). The van der Waals surface area contributed by atoms with Gasteiger partial charge in [-0.3, -0.25) is 0 Å². The second-order valence-electron chi connectivity index (χ2n) is 10.1. The highest BCUT2D eigenvalue weighted by atomic mass is 15.2. The number of nitrogens with zero attached hydrogens (tertiary/aromatic N) is 2. The number of piperidine rings is 1. The number of rotatable bonds is 6. The number of hydrogen-bond donors (Lipinski definition) is 1. The Morgan fingerprint density at radius 1 is 1.03 bits per heavy atom. The van der Waals surface area contributed by atoms with Crippen LogP contribution in [0.2, 0.25) is 0 Å². The number of fused-ring (bicyclic) bond motifs is 2. The van der Waals surface area contributed by atoms with Gasteiger partial charge in [-0.25, -0.2) is 4.98 Å². The molecular weight excluding hydrogens is 378 g/mol. The van der Waals surface area contributed by atoms with Crippen molar-refractivity contribution >= 4 is 11.5 Å². The molecule has 0 amide bonds. The molecule has 3 aliphatic rings. The predicted molar refractivity (Wildman–Crippen MR) is 130 cm³/mol. The van der Waals surface area contributed by atoms with Crippen molar-refractivity contribution < 1.29 is 0 Å². The van der Waals surface area contributed by atoms with Gasteiger partial charge in [0.15, 0.2) is 0 Å². The molecule has 1 unspecified atom stereocenters. The molecule has 1 saturated carbocycles. The molecule has 1 saturated heterocycles. The van der Waals surface area contributed by atoms with Gasteiger partial charge in [-0.15, -0.1) is 0 Å². The number of pyridine rings is 1. The maximum atomic E-state index is 4.76. The Labute approximate surface area is 188 Å². The Morgan fingerprint density at radius 2 is 1.87 bits per heavy atom. The average Bonchev–Trinajstić information content (AvgIpc) is 2.96. The standard InChI is InChI=1S/C28H39N3/c1-3-6-24(4-2)31-17-14-20(15-18-31)23-10-9-22-11-12-26-25(21-7-5-8-21)13-16-29-28(26)30-27(22)19-23/h9-10,13,16,19-21,24H,3-8,11-12,14-15,17-18H2,1-2H3,(H,29,30). The summed E-state index contributed by atoms with van der Waals surface area (Å²) in [5.74, 6) is 2.57. The Morgan fingerprint density at radius 3 is 2.58 bits per heavy atom. The topological polar surface area (TPSA) is 28.2 Å². The number of aryl methyl sites for hydroxylation is 1. The van der Waals surface area contributed by atoms with E-state index in [1.165, 1.54) is 86.8 Å². The SMILES string of the molecule is CCCC(CC)N1CCC(c2ccc3c(c2)Nc2nccc(C4CCC4)c2CC3)CC1. The third-order valence-corrected chi connectivity index (χ3v) is 8.28. The summed E-state index contributed by atoms with van der Waals surface area (Å²) in [5.41, 5.74) is 7.30. The molecule has 1 N–H and O–H groups in total. The van der Waals surface area contributed by atoms with E-state index in [0.29, 0.717) is 5.92 Å². The van der Waals surface area contributed by atoms with Crippen LogP contribution in [0.15, 0.2) is 30.5 Å². The van der Waals surface area contributed by atoms with E-state index in [9.17, 15) is 0 Å². The lowest BCUT2D eigenvalue weighted by atomic mass is 9.78. The van der Waals surface area contributed by atoms with Crippen molar-refractivity contribution in [2.75, 3.05) is 18.4 Å². The highest BCUT2D eigenvalue weighted by Crippen LogP contribution is 2.42. The van der Waals surface area contributed by atoms with Crippen LogP contribution < -0.4 is 5.32 Å². The van der Waals surface area contributed by atoms with Crippen molar-refractivity contribution in [3.05, 3.63) is 52.7 Å². The van der Waals surface area contributed by atoms with Gasteiger partial charge in [0.05, 0.1) is 0 Å². The summed E-state index contributed by atoms with van der Waals surface area (Å²) in [6, 6.07) is 10.3. The Balaban J connectivity index is 1.31. The first-order valence-corrected chi connectivity index (χ1v) is 12.9. The fraction of sp³-hybridized carbons (Fsp3) is 0.607. The van der Waals surface area contributed by atoms with Crippen LogP contribution in [0.5, 0.6) is 0 Å². The largest absolute Gasteiger partial charge is 0.340 e. The lowest BCUT2D eigenvalue weighted by Gasteiger charge is -2.37. The van der Waals surface area contributed by atoms with Crippen LogP contribution in [0.3, 0.4) is 0 Å². The molecule has 1 aromatic heterocycles. The quantitative estimate of drug-likeness (QED) is 0.551. The smallest absolute Gasteiger partial charge is 0.133 e. The van der Waals surface area contributed by atoms with E-state index in [-0.39, 0.29) is 0 Å². The van der Waals surface area contributed by atoms with E-state index in [1.807, 2.05) is 6.20 Å². The number of likely N-dealkylation sites (tertiary alicyclic amines) is 1. The summed E-state index contributed by atoms with van der Waals surface area (Å²) in [6.07, 6.45) is 14.9. The maximum absolute atomic E-state index is 4.76. The Kier molecular flexibility index (Phi) is 6.31. The third-order valence-electron chi connectivity index (χ3n) is 8.28. The first-order chi connectivity index (χ1) is 15.3. The van der Waals surface area contributed by atoms with Gasteiger partial charge < -0.3 is 10.2 Å². The van der Waals surface area contributed by atoms with E-state index >= 15 is 0 Å². The zero-order valence-electron chi connectivity index (χ0n) is 19.5. The fourth-order valence-corrected chi connectivity index (χ4v) is 6.13. The summed E-state index contributed by atoms with van der Waals surface area (Å²) in [4.78, 5) is 7.51. The number of nitrogens with one attached hydrogen (secondary N) is 1. The number of anilines is 2. The van der Waals surface area contributed by atoms with Crippen LogP contribution in [-0.4, -0.2) is 29.0 Å². The van der Waals surface area contributed by atoms with E-state index in [4.69, 9.17) is 4.98 Å². The molecule has 1 aromatic carbocycles. The number of benzene rings is 1. The zero-order valence-corrected chi connectivity index (χ0v) is 19.5. The minimum atomic E-state index is 0.694. The molecule has 166 valence electrons. The predicted octanol–water partition coefficient (Wildman–Crippen LogP) is 6.95. The first-order valence-electron chi connectivity index (χ1n) is 12.9. The van der Waals surface area contributed by atoms with Gasteiger partial charge in [-0.05, 0) is 111 Å². The van der Waals surface area contributed by atoms with Crippen LogP contribution in [-0.2, 0) is 12.8 Å². The van der Waals surface area contributed by atoms with Gasteiger partial charge in [-0.1, -0.05) is 38.8 Å². The minimum Gasteiger partial charge on any atom is -0.340 e. The molecule has 0 radical (unpaired) electrons. The van der Waals surface area contributed by atoms with Crippen LogP contribution >= 0.6 is 0 Å². The van der Waals surface area contributed by atoms with Crippen LogP contribution in [0.25, 0.3) is 0 Å². The average molecular weight is 418 g/mol. The molecule has 3 nitrogen and oxygen atoms in total. The molecule has 2 fully saturated rings. The van der Waals surface area contributed by atoms with Gasteiger partial charge >= 0.3 is 0 Å². The molecule has 2 aliphatic heterocycles. The highest BCUT2D eigenvalue weighted by Gasteiger charge is 2.27. The van der Waals surface area contributed by atoms with Gasteiger partial charge in [-0.2, -0.15) is 0 Å². The van der Waals surface area contributed by atoms with E-state index in [0.717, 1.165) is 30.6 Å². The van der Waals surface area contributed by atoms with E-state index in [2.05, 4.69) is 48.3 Å². The Bertz CT molecular complexity index is 893. The Hall–Kier alpha value is -1.87. The van der Waals surface area contributed by atoms with Crippen molar-refractivity contribution in [2.45, 2.75) is 95.9 Å². The normalized spacial score (nSPS) is 20.8. The highest BCUT2D eigenvalue weighted by molar-refractivity contribution is 5.67. The summed E-state index contributed by atoms with van der Waals surface area (Å²) < 4.78 is 0. The van der Waals surface area contributed by atoms with Gasteiger partial charge in [0.2, 0.25) is 0 Å².